The molecule has 2 heterocycles. The second-order valence-electron chi connectivity index (χ2n) is 3.79. The summed E-state index contributed by atoms with van der Waals surface area (Å²) in [7, 11) is 0. The molecule has 3 nitrogen and oxygen atoms in total. The first-order valence-corrected chi connectivity index (χ1v) is 5.70. The smallest absolute Gasteiger partial charge is 0.222 e. The van der Waals surface area contributed by atoms with Crippen molar-refractivity contribution in [1.29, 1.82) is 0 Å². The van der Waals surface area contributed by atoms with Crippen LogP contribution in [0, 0.1) is 5.92 Å². The molecule has 0 N–H and O–H groups in total. The molecule has 0 bridgehead atoms. The fraction of sp³-hybridized carbons (Fsp3) is 0.545. The van der Waals surface area contributed by atoms with Gasteiger partial charge < -0.3 is 0 Å². The Morgan fingerprint density at radius 1 is 1.40 bits per heavy atom. The first-order chi connectivity index (χ1) is 7.26. The highest BCUT2D eigenvalue weighted by Gasteiger charge is 2.27. The maximum absolute atomic E-state index is 5.80. The maximum Gasteiger partial charge on any atom is 0.222 e. The second kappa shape index (κ2) is 4.27. The van der Waals surface area contributed by atoms with Gasteiger partial charge in [-0.15, -0.1) is 0 Å². The lowest BCUT2D eigenvalue weighted by Crippen LogP contribution is -2.12. The summed E-state index contributed by atoms with van der Waals surface area (Å²) in [5.74, 6) is 0.913. The van der Waals surface area contributed by atoms with E-state index < -0.39 is 0 Å². The fourth-order valence-electron chi connectivity index (χ4n) is 2.08. The van der Waals surface area contributed by atoms with E-state index in [1.165, 1.54) is 0 Å². The molecule has 2 rings (SSSR count). The minimum Gasteiger partial charge on any atom is -0.257 e. The molecule has 15 heavy (non-hydrogen) atoms. The molecule has 1 unspecified atom stereocenters. The van der Waals surface area contributed by atoms with Crippen molar-refractivity contribution in [3.63, 3.8) is 0 Å². The molecule has 1 aliphatic heterocycles. The van der Waals surface area contributed by atoms with Crippen LogP contribution in [0.15, 0.2) is 11.2 Å². The molecule has 0 aliphatic carbocycles. The number of fused-ring (bicyclic) bond motifs is 1. The number of hydrogen-bond acceptors (Lipinski definition) is 3. The molecule has 80 valence electrons. The number of rotatable bonds is 3. The number of halogens is 1. The Hall–Kier alpha value is -0.960. The Morgan fingerprint density at radius 2 is 2.13 bits per heavy atom. The van der Waals surface area contributed by atoms with Crippen molar-refractivity contribution in [3.8, 4) is 0 Å². The summed E-state index contributed by atoms with van der Waals surface area (Å²) in [6.45, 7) is 4.39. The zero-order chi connectivity index (χ0) is 10.8. The van der Waals surface area contributed by atoms with Crippen molar-refractivity contribution in [2.24, 2.45) is 10.9 Å². The molecular formula is C11H14ClN3. The zero-order valence-corrected chi connectivity index (χ0v) is 9.70. The largest absolute Gasteiger partial charge is 0.257 e. The van der Waals surface area contributed by atoms with Crippen LogP contribution in [0.3, 0.4) is 0 Å². The SMILES string of the molecule is CCC(CC)C1C=Nc2cnc(Cl)nc21. The number of aliphatic imine (C=N–C) groups is 1. The van der Waals surface area contributed by atoms with Gasteiger partial charge in [-0.3, -0.25) is 4.99 Å². The van der Waals surface area contributed by atoms with Crippen LogP contribution < -0.4 is 0 Å². The van der Waals surface area contributed by atoms with Crippen LogP contribution in [0.4, 0.5) is 5.69 Å². The summed E-state index contributed by atoms with van der Waals surface area (Å²) >= 11 is 5.80. The first kappa shape index (κ1) is 10.6. The lowest BCUT2D eigenvalue weighted by atomic mass is 9.87. The Balaban J connectivity index is 2.34. The van der Waals surface area contributed by atoms with Crippen LogP contribution in [-0.4, -0.2) is 16.2 Å². The minimum atomic E-state index is 0.315. The molecule has 1 aliphatic rings. The lowest BCUT2D eigenvalue weighted by molar-refractivity contribution is 0.465. The Labute approximate surface area is 94.6 Å². The number of aromatic nitrogens is 2. The predicted octanol–water partition coefficient (Wildman–Crippen LogP) is 3.37. The molecule has 0 saturated heterocycles. The molecule has 0 amide bonds. The van der Waals surface area contributed by atoms with E-state index in [9.17, 15) is 0 Å². The Morgan fingerprint density at radius 3 is 2.80 bits per heavy atom. The van der Waals surface area contributed by atoms with Gasteiger partial charge in [0.2, 0.25) is 5.28 Å². The third-order valence-corrected chi connectivity index (χ3v) is 3.20. The van der Waals surface area contributed by atoms with E-state index in [1.807, 2.05) is 6.21 Å². The molecule has 0 fully saturated rings. The summed E-state index contributed by atoms with van der Waals surface area (Å²) in [4.78, 5) is 12.5. The van der Waals surface area contributed by atoms with E-state index in [0.717, 1.165) is 24.2 Å². The maximum atomic E-state index is 5.80. The molecule has 1 aromatic rings. The summed E-state index contributed by atoms with van der Waals surface area (Å²) in [5, 5.41) is 0.315. The number of hydrogen-bond donors (Lipinski definition) is 0. The molecule has 0 spiro atoms. The van der Waals surface area contributed by atoms with Gasteiger partial charge in [0.1, 0.15) is 5.69 Å². The van der Waals surface area contributed by atoms with E-state index >= 15 is 0 Å². The first-order valence-electron chi connectivity index (χ1n) is 5.32. The predicted molar refractivity (Wildman–Crippen MR) is 62.0 cm³/mol. The molecule has 0 saturated carbocycles. The summed E-state index contributed by atoms with van der Waals surface area (Å²) in [5.41, 5.74) is 1.86. The topological polar surface area (TPSA) is 38.1 Å². The highest BCUT2D eigenvalue weighted by molar-refractivity contribution is 6.28. The molecule has 0 aromatic carbocycles. The fourth-order valence-corrected chi connectivity index (χ4v) is 2.22. The quantitative estimate of drug-likeness (QED) is 0.737. The van der Waals surface area contributed by atoms with E-state index in [2.05, 4.69) is 28.8 Å². The van der Waals surface area contributed by atoms with Gasteiger partial charge in [-0.1, -0.05) is 26.7 Å². The second-order valence-corrected chi connectivity index (χ2v) is 4.13. The van der Waals surface area contributed by atoms with Crippen molar-refractivity contribution < 1.29 is 0 Å². The molecule has 0 radical (unpaired) electrons. The highest BCUT2D eigenvalue weighted by Crippen LogP contribution is 2.37. The molecular weight excluding hydrogens is 210 g/mol. The Kier molecular flexibility index (Phi) is 3.00. The van der Waals surface area contributed by atoms with Crippen LogP contribution in [0.2, 0.25) is 5.28 Å². The van der Waals surface area contributed by atoms with Crippen LogP contribution in [0.25, 0.3) is 0 Å². The van der Waals surface area contributed by atoms with Gasteiger partial charge in [0, 0.05) is 12.1 Å². The standard InChI is InChI=1S/C11H14ClN3/c1-3-7(4-2)8-5-13-9-6-14-11(12)15-10(8)9/h5-8H,3-4H2,1-2H3. The van der Waals surface area contributed by atoms with Gasteiger partial charge in [-0.2, -0.15) is 0 Å². The van der Waals surface area contributed by atoms with E-state index in [4.69, 9.17) is 11.6 Å². The average molecular weight is 224 g/mol. The minimum absolute atomic E-state index is 0.315. The third kappa shape index (κ3) is 1.88. The van der Waals surface area contributed by atoms with Gasteiger partial charge in [-0.25, -0.2) is 9.97 Å². The van der Waals surface area contributed by atoms with Gasteiger partial charge >= 0.3 is 0 Å². The number of nitrogens with zero attached hydrogens (tertiary/aromatic N) is 3. The van der Waals surface area contributed by atoms with Crippen LogP contribution in [0.5, 0.6) is 0 Å². The van der Waals surface area contributed by atoms with Crippen molar-refractivity contribution in [2.75, 3.05) is 0 Å². The van der Waals surface area contributed by atoms with Crippen molar-refractivity contribution in [1.82, 2.24) is 9.97 Å². The van der Waals surface area contributed by atoms with E-state index in [-0.39, 0.29) is 0 Å². The van der Waals surface area contributed by atoms with Crippen molar-refractivity contribution in [2.45, 2.75) is 32.6 Å². The van der Waals surface area contributed by atoms with Gasteiger partial charge in [0.15, 0.2) is 0 Å². The third-order valence-electron chi connectivity index (χ3n) is 3.02. The average Bonchev–Trinajstić information content (AvgIpc) is 2.64. The van der Waals surface area contributed by atoms with E-state index in [1.54, 1.807) is 6.20 Å². The summed E-state index contributed by atoms with van der Waals surface area (Å²) in [6, 6.07) is 0. The van der Waals surface area contributed by atoms with Gasteiger partial charge in [0.25, 0.3) is 0 Å². The molecule has 1 atom stereocenters. The van der Waals surface area contributed by atoms with Crippen LogP contribution >= 0.6 is 11.6 Å². The van der Waals surface area contributed by atoms with Crippen molar-refractivity contribution in [3.05, 3.63) is 17.2 Å². The summed E-state index contributed by atoms with van der Waals surface area (Å²) in [6.07, 6.45) is 5.94. The normalized spacial score (nSPS) is 18.5. The molecule has 1 aromatic heterocycles. The van der Waals surface area contributed by atoms with Crippen LogP contribution in [0.1, 0.15) is 38.3 Å². The van der Waals surface area contributed by atoms with E-state index in [0.29, 0.717) is 17.1 Å². The summed E-state index contributed by atoms with van der Waals surface area (Å²) < 4.78 is 0. The monoisotopic (exact) mass is 223 g/mol. The van der Waals surface area contributed by atoms with Crippen molar-refractivity contribution >= 4 is 23.5 Å². The van der Waals surface area contributed by atoms with Gasteiger partial charge in [-0.05, 0) is 17.5 Å². The van der Waals surface area contributed by atoms with Gasteiger partial charge in [0.05, 0.1) is 11.9 Å². The van der Waals surface area contributed by atoms with Crippen LogP contribution in [-0.2, 0) is 0 Å². The Bertz CT molecular complexity index is 385. The highest BCUT2D eigenvalue weighted by atomic mass is 35.5. The lowest BCUT2D eigenvalue weighted by Gasteiger charge is -2.18. The zero-order valence-electron chi connectivity index (χ0n) is 8.94. The molecule has 4 heteroatoms.